The molecule has 1 heterocycles. The number of anilines is 1. The summed E-state index contributed by atoms with van der Waals surface area (Å²) in [6.45, 7) is 0.823. The Kier molecular flexibility index (Phi) is 2.47. The highest BCUT2D eigenvalue weighted by Gasteiger charge is 2.24. The Hall–Kier alpha value is -1.75. The van der Waals surface area contributed by atoms with E-state index in [-0.39, 0.29) is 17.4 Å². The monoisotopic (exact) mass is 209 g/mol. The normalized spacial score (nSPS) is 15.7. The number of hydrogen-bond acceptors (Lipinski definition) is 5. The van der Waals surface area contributed by atoms with Crippen LogP contribution in [0.25, 0.3) is 0 Å². The molecule has 1 aliphatic heterocycles. The largest absolute Gasteiger partial charge is 0.507 e. The molecule has 0 saturated carbocycles. The average molecular weight is 209 g/mol. The van der Waals surface area contributed by atoms with E-state index in [1.54, 1.807) is 0 Å². The number of carbonyl (C=O) groups excluding carboxylic acids is 1. The smallest absolute Gasteiger partial charge is 0.342 e. The summed E-state index contributed by atoms with van der Waals surface area (Å²) in [5.41, 5.74) is 5.99. The Morgan fingerprint density at radius 3 is 2.87 bits per heavy atom. The van der Waals surface area contributed by atoms with Gasteiger partial charge in [-0.3, -0.25) is 0 Å². The van der Waals surface area contributed by atoms with Gasteiger partial charge in [0.1, 0.15) is 17.4 Å². The molecule has 0 radical (unpaired) electrons. The van der Waals surface area contributed by atoms with Crippen LogP contribution in [-0.2, 0) is 9.47 Å². The zero-order valence-corrected chi connectivity index (χ0v) is 7.97. The van der Waals surface area contributed by atoms with Crippen molar-refractivity contribution in [1.29, 1.82) is 0 Å². The number of rotatable bonds is 2. The standard InChI is InChI=1S/C10H11NO4/c11-6-1-2-9(12)8(3-6)10(13)15-7-4-14-5-7/h1-3,7,12H,4-5,11H2. The molecule has 0 bridgehead atoms. The molecule has 1 aliphatic rings. The van der Waals surface area contributed by atoms with E-state index in [2.05, 4.69) is 0 Å². The molecular weight excluding hydrogens is 198 g/mol. The fourth-order valence-corrected chi connectivity index (χ4v) is 1.21. The van der Waals surface area contributed by atoms with Gasteiger partial charge in [-0.05, 0) is 18.2 Å². The van der Waals surface area contributed by atoms with E-state index in [1.807, 2.05) is 0 Å². The van der Waals surface area contributed by atoms with Gasteiger partial charge in [0.05, 0.1) is 13.2 Å². The number of phenols is 1. The number of aromatic hydroxyl groups is 1. The number of nitrogen functional groups attached to an aromatic ring is 1. The van der Waals surface area contributed by atoms with Crippen LogP contribution in [-0.4, -0.2) is 30.4 Å². The van der Waals surface area contributed by atoms with Gasteiger partial charge in [0.25, 0.3) is 0 Å². The molecule has 0 atom stereocenters. The molecule has 0 amide bonds. The van der Waals surface area contributed by atoms with Crippen molar-refractivity contribution in [2.75, 3.05) is 18.9 Å². The topological polar surface area (TPSA) is 81.8 Å². The van der Waals surface area contributed by atoms with Gasteiger partial charge in [-0.25, -0.2) is 4.79 Å². The van der Waals surface area contributed by atoms with E-state index in [0.29, 0.717) is 18.9 Å². The highest BCUT2D eigenvalue weighted by Crippen LogP contribution is 2.21. The molecule has 80 valence electrons. The van der Waals surface area contributed by atoms with Crippen LogP contribution in [0.4, 0.5) is 5.69 Å². The lowest BCUT2D eigenvalue weighted by Crippen LogP contribution is -2.37. The van der Waals surface area contributed by atoms with E-state index in [0.717, 1.165) is 0 Å². The number of hydrogen-bond donors (Lipinski definition) is 2. The minimum atomic E-state index is -0.576. The lowest BCUT2D eigenvalue weighted by Gasteiger charge is -2.25. The van der Waals surface area contributed by atoms with Crippen molar-refractivity contribution in [3.05, 3.63) is 23.8 Å². The molecule has 0 spiro atoms. The fourth-order valence-electron chi connectivity index (χ4n) is 1.21. The van der Waals surface area contributed by atoms with Crippen molar-refractivity contribution in [3.63, 3.8) is 0 Å². The van der Waals surface area contributed by atoms with Crippen molar-refractivity contribution in [2.24, 2.45) is 0 Å². The average Bonchev–Trinajstić information content (AvgIpc) is 2.15. The Labute approximate surface area is 86.4 Å². The molecular formula is C10H11NO4. The Morgan fingerprint density at radius 2 is 2.27 bits per heavy atom. The van der Waals surface area contributed by atoms with Gasteiger partial charge in [-0.1, -0.05) is 0 Å². The molecule has 5 heteroatoms. The highest BCUT2D eigenvalue weighted by molar-refractivity contribution is 5.93. The third-order valence-corrected chi connectivity index (χ3v) is 2.12. The van der Waals surface area contributed by atoms with E-state index in [1.165, 1.54) is 18.2 Å². The third kappa shape index (κ3) is 2.02. The maximum absolute atomic E-state index is 11.5. The molecule has 2 rings (SSSR count). The van der Waals surface area contributed by atoms with Gasteiger partial charge < -0.3 is 20.3 Å². The summed E-state index contributed by atoms with van der Waals surface area (Å²) < 4.78 is 9.89. The number of nitrogens with two attached hydrogens (primary N) is 1. The lowest BCUT2D eigenvalue weighted by molar-refractivity contribution is -0.103. The van der Waals surface area contributed by atoms with Crippen molar-refractivity contribution < 1.29 is 19.4 Å². The number of phenolic OH excluding ortho intramolecular Hbond substituents is 1. The lowest BCUT2D eigenvalue weighted by atomic mass is 10.2. The van der Waals surface area contributed by atoms with Gasteiger partial charge in [0.2, 0.25) is 0 Å². The predicted octanol–water partition coefficient (Wildman–Crippen LogP) is 0.530. The van der Waals surface area contributed by atoms with Crippen molar-refractivity contribution >= 4 is 11.7 Å². The van der Waals surface area contributed by atoms with Gasteiger partial charge in [0.15, 0.2) is 0 Å². The van der Waals surface area contributed by atoms with Crippen LogP contribution >= 0.6 is 0 Å². The molecule has 0 unspecified atom stereocenters. The zero-order valence-electron chi connectivity index (χ0n) is 7.97. The summed E-state index contributed by atoms with van der Waals surface area (Å²) in [7, 11) is 0. The van der Waals surface area contributed by atoms with Crippen LogP contribution in [0, 0.1) is 0 Å². The first-order valence-electron chi connectivity index (χ1n) is 4.54. The molecule has 0 aromatic heterocycles. The van der Waals surface area contributed by atoms with Crippen LogP contribution in [0.2, 0.25) is 0 Å². The van der Waals surface area contributed by atoms with Crippen LogP contribution < -0.4 is 5.73 Å². The summed E-state index contributed by atoms with van der Waals surface area (Å²) in [6.07, 6.45) is -0.210. The second-order valence-corrected chi connectivity index (χ2v) is 3.34. The summed E-state index contributed by atoms with van der Waals surface area (Å²) >= 11 is 0. The maximum Gasteiger partial charge on any atom is 0.342 e. The summed E-state index contributed by atoms with van der Waals surface area (Å²) in [5, 5.41) is 9.42. The van der Waals surface area contributed by atoms with E-state index in [9.17, 15) is 9.90 Å². The molecule has 5 nitrogen and oxygen atoms in total. The van der Waals surface area contributed by atoms with Crippen LogP contribution in [0.3, 0.4) is 0 Å². The Bertz CT molecular complexity index is 387. The highest BCUT2D eigenvalue weighted by atomic mass is 16.6. The minimum absolute atomic E-state index is 0.0851. The van der Waals surface area contributed by atoms with Crippen molar-refractivity contribution in [2.45, 2.75) is 6.10 Å². The first-order valence-corrected chi connectivity index (χ1v) is 4.54. The molecule has 15 heavy (non-hydrogen) atoms. The molecule has 1 aromatic carbocycles. The fraction of sp³-hybridized carbons (Fsp3) is 0.300. The summed E-state index contributed by atoms with van der Waals surface area (Å²) in [6, 6.07) is 4.26. The van der Waals surface area contributed by atoms with E-state index in [4.69, 9.17) is 15.2 Å². The van der Waals surface area contributed by atoms with Crippen LogP contribution in [0.5, 0.6) is 5.75 Å². The first kappa shape index (κ1) is 9.79. The van der Waals surface area contributed by atoms with Crippen LogP contribution in [0.15, 0.2) is 18.2 Å². The number of ether oxygens (including phenoxy) is 2. The van der Waals surface area contributed by atoms with E-state index < -0.39 is 5.97 Å². The molecule has 1 aromatic rings. The third-order valence-electron chi connectivity index (χ3n) is 2.12. The molecule has 3 N–H and O–H groups in total. The van der Waals surface area contributed by atoms with Crippen LogP contribution in [0.1, 0.15) is 10.4 Å². The second-order valence-electron chi connectivity index (χ2n) is 3.34. The maximum atomic E-state index is 11.5. The predicted molar refractivity (Wildman–Crippen MR) is 52.5 cm³/mol. The van der Waals surface area contributed by atoms with Gasteiger partial charge in [-0.2, -0.15) is 0 Å². The summed E-state index contributed by atoms with van der Waals surface area (Å²) in [4.78, 5) is 11.5. The number of carbonyl (C=O) groups is 1. The first-order chi connectivity index (χ1) is 7.16. The van der Waals surface area contributed by atoms with Gasteiger partial charge in [-0.15, -0.1) is 0 Å². The Morgan fingerprint density at radius 1 is 1.53 bits per heavy atom. The summed E-state index contributed by atoms with van der Waals surface area (Å²) in [5.74, 6) is -0.706. The van der Waals surface area contributed by atoms with Gasteiger partial charge in [0, 0.05) is 5.69 Å². The quantitative estimate of drug-likeness (QED) is 0.422. The Balaban J connectivity index is 2.12. The SMILES string of the molecule is Nc1ccc(O)c(C(=O)OC2COC2)c1. The minimum Gasteiger partial charge on any atom is -0.507 e. The molecule has 1 saturated heterocycles. The number of esters is 1. The molecule has 0 aliphatic carbocycles. The van der Waals surface area contributed by atoms with Crippen molar-refractivity contribution in [3.8, 4) is 5.75 Å². The van der Waals surface area contributed by atoms with Gasteiger partial charge >= 0.3 is 5.97 Å². The van der Waals surface area contributed by atoms with E-state index >= 15 is 0 Å². The van der Waals surface area contributed by atoms with Crippen molar-refractivity contribution in [1.82, 2.24) is 0 Å². The number of benzene rings is 1. The molecule has 1 fully saturated rings. The second kappa shape index (κ2) is 3.78. The zero-order chi connectivity index (χ0) is 10.8.